The molecule has 0 radical (unpaired) electrons. The van der Waals surface area contributed by atoms with Crippen LogP contribution in [0.4, 0.5) is 0 Å². The maximum atomic E-state index is 9.72. The van der Waals surface area contributed by atoms with Gasteiger partial charge in [-0.15, -0.1) is 11.3 Å². The van der Waals surface area contributed by atoms with E-state index >= 15 is 0 Å². The number of aromatic hydroxyl groups is 1. The summed E-state index contributed by atoms with van der Waals surface area (Å²) >= 11 is 1.68. The fraction of sp³-hybridized carbons (Fsp3) is 0.0714. The van der Waals surface area contributed by atoms with E-state index in [4.69, 9.17) is 0 Å². The second kappa shape index (κ2) is 5.60. The van der Waals surface area contributed by atoms with Crippen molar-refractivity contribution in [3.63, 3.8) is 0 Å². The zero-order valence-corrected chi connectivity index (χ0v) is 13.6. The van der Waals surface area contributed by atoms with Crippen LogP contribution in [-0.4, -0.2) is 10.1 Å². The smallest absolute Gasteiger partial charge is 0.119 e. The molecule has 3 aromatic rings. The number of thiazole rings is 1. The van der Waals surface area contributed by atoms with Crippen LogP contribution in [0.15, 0.2) is 48.5 Å². The molecule has 1 N–H and O–H groups in total. The molecule has 86 valence electrons. The monoisotopic (exact) mass is 305 g/mol. The fourth-order valence-electron chi connectivity index (χ4n) is 1.82. The maximum absolute atomic E-state index is 9.72. The SMILES string of the molecule is Oc1ccccc1Cc1nc2ccccc2s1.[Zn]. The Morgan fingerprint density at radius 3 is 2.50 bits per heavy atom. The Morgan fingerprint density at radius 1 is 1.00 bits per heavy atom. The fourth-order valence-corrected chi connectivity index (χ4v) is 2.81. The Hall–Kier alpha value is -1.25. The van der Waals surface area contributed by atoms with Crippen molar-refractivity contribution in [3.8, 4) is 5.75 Å². The van der Waals surface area contributed by atoms with E-state index in [0.717, 1.165) is 16.1 Å². The third-order valence-electron chi connectivity index (χ3n) is 2.67. The molecule has 0 fully saturated rings. The molecule has 0 unspecified atom stereocenters. The molecule has 2 nitrogen and oxygen atoms in total. The predicted molar refractivity (Wildman–Crippen MR) is 70.5 cm³/mol. The Labute approximate surface area is 122 Å². The molecule has 18 heavy (non-hydrogen) atoms. The summed E-state index contributed by atoms with van der Waals surface area (Å²) < 4.78 is 1.19. The van der Waals surface area contributed by atoms with Crippen LogP contribution in [0.25, 0.3) is 10.2 Å². The molecule has 0 amide bonds. The Kier molecular flexibility index (Phi) is 4.10. The van der Waals surface area contributed by atoms with Crippen molar-refractivity contribution in [2.45, 2.75) is 6.42 Å². The van der Waals surface area contributed by atoms with Crippen molar-refractivity contribution < 1.29 is 24.6 Å². The summed E-state index contributed by atoms with van der Waals surface area (Å²) in [7, 11) is 0. The second-order valence-electron chi connectivity index (χ2n) is 3.88. The summed E-state index contributed by atoms with van der Waals surface area (Å²) in [5.74, 6) is 0.340. The molecule has 2 aromatic carbocycles. The first kappa shape index (κ1) is 13.2. The largest absolute Gasteiger partial charge is 0.508 e. The molecule has 0 atom stereocenters. The molecule has 0 saturated carbocycles. The molecule has 0 aliphatic carbocycles. The molecule has 4 heteroatoms. The van der Waals surface area contributed by atoms with Crippen molar-refractivity contribution in [1.82, 2.24) is 4.98 Å². The van der Waals surface area contributed by atoms with Crippen molar-refractivity contribution >= 4 is 21.6 Å². The van der Waals surface area contributed by atoms with Gasteiger partial charge in [-0.25, -0.2) is 4.98 Å². The van der Waals surface area contributed by atoms with E-state index in [-0.39, 0.29) is 19.5 Å². The van der Waals surface area contributed by atoms with E-state index in [0.29, 0.717) is 12.2 Å². The van der Waals surface area contributed by atoms with Crippen LogP contribution in [0.2, 0.25) is 0 Å². The van der Waals surface area contributed by atoms with Crippen LogP contribution in [0.1, 0.15) is 10.6 Å². The van der Waals surface area contributed by atoms with Crippen molar-refractivity contribution in [3.05, 3.63) is 59.1 Å². The summed E-state index contributed by atoms with van der Waals surface area (Å²) in [6.07, 6.45) is 0.687. The van der Waals surface area contributed by atoms with Gasteiger partial charge < -0.3 is 5.11 Å². The van der Waals surface area contributed by atoms with Crippen molar-refractivity contribution in [2.24, 2.45) is 0 Å². The summed E-state index contributed by atoms with van der Waals surface area (Å²) in [4.78, 5) is 4.56. The normalized spacial score (nSPS) is 10.2. The van der Waals surface area contributed by atoms with Crippen LogP contribution in [0.5, 0.6) is 5.75 Å². The Balaban J connectivity index is 0.00000120. The van der Waals surface area contributed by atoms with E-state index in [2.05, 4.69) is 11.1 Å². The average Bonchev–Trinajstić information content (AvgIpc) is 2.74. The van der Waals surface area contributed by atoms with Crippen LogP contribution < -0.4 is 0 Å². The van der Waals surface area contributed by atoms with Gasteiger partial charge in [-0.05, 0) is 18.2 Å². The van der Waals surface area contributed by atoms with Gasteiger partial charge >= 0.3 is 0 Å². The number of nitrogens with zero attached hydrogens (tertiary/aromatic N) is 1. The first-order valence-corrected chi connectivity index (χ1v) is 6.26. The molecule has 0 spiro atoms. The second-order valence-corrected chi connectivity index (χ2v) is 5.00. The minimum Gasteiger partial charge on any atom is -0.508 e. The molecule has 1 heterocycles. The molecule has 3 rings (SSSR count). The maximum Gasteiger partial charge on any atom is 0.119 e. The van der Waals surface area contributed by atoms with Gasteiger partial charge in [0.05, 0.1) is 15.2 Å². The minimum absolute atomic E-state index is 0. The van der Waals surface area contributed by atoms with Gasteiger partial charge in [0, 0.05) is 31.5 Å². The number of hydrogen-bond acceptors (Lipinski definition) is 3. The van der Waals surface area contributed by atoms with E-state index in [9.17, 15) is 5.11 Å². The number of fused-ring (bicyclic) bond motifs is 1. The summed E-state index contributed by atoms with van der Waals surface area (Å²) in [5.41, 5.74) is 1.95. The predicted octanol–water partition coefficient (Wildman–Crippen LogP) is 3.59. The third-order valence-corrected chi connectivity index (χ3v) is 3.71. The Morgan fingerprint density at radius 2 is 1.72 bits per heavy atom. The molecule has 0 bridgehead atoms. The van der Waals surface area contributed by atoms with E-state index in [1.165, 1.54) is 4.70 Å². The first-order chi connectivity index (χ1) is 8.33. The molecule has 1 aromatic heterocycles. The Bertz CT molecular complexity index is 632. The zero-order valence-electron chi connectivity index (χ0n) is 9.84. The minimum atomic E-state index is 0. The molecule has 0 aliphatic rings. The van der Waals surface area contributed by atoms with Gasteiger partial charge in [0.15, 0.2) is 0 Å². The van der Waals surface area contributed by atoms with Gasteiger partial charge in [0.25, 0.3) is 0 Å². The summed E-state index contributed by atoms with van der Waals surface area (Å²) in [6.45, 7) is 0. The molecular formula is C14H11NOSZn. The number of aromatic nitrogens is 1. The van der Waals surface area contributed by atoms with Gasteiger partial charge in [0.2, 0.25) is 0 Å². The van der Waals surface area contributed by atoms with E-state index in [1.807, 2.05) is 36.4 Å². The summed E-state index contributed by atoms with van der Waals surface area (Å²) in [5, 5.41) is 10.8. The number of hydrogen-bond donors (Lipinski definition) is 1. The summed E-state index contributed by atoms with van der Waals surface area (Å²) in [6, 6.07) is 15.5. The van der Waals surface area contributed by atoms with Crippen LogP contribution in [0, 0.1) is 0 Å². The van der Waals surface area contributed by atoms with Gasteiger partial charge in [-0.2, -0.15) is 0 Å². The number of para-hydroxylation sites is 2. The molecule has 0 saturated heterocycles. The van der Waals surface area contributed by atoms with Crippen LogP contribution in [0.3, 0.4) is 0 Å². The number of phenolic OH excluding ortho intramolecular Hbond substituents is 1. The van der Waals surface area contributed by atoms with Crippen molar-refractivity contribution in [1.29, 1.82) is 0 Å². The topological polar surface area (TPSA) is 33.1 Å². The van der Waals surface area contributed by atoms with E-state index in [1.54, 1.807) is 17.4 Å². The molecular weight excluding hydrogens is 296 g/mol. The van der Waals surface area contributed by atoms with E-state index < -0.39 is 0 Å². The average molecular weight is 307 g/mol. The van der Waals surface area contributed by atoms with Crippen molar-refractivity contribution in [2.75, 3.05) is 0 Å². The van der Waals surface area contributed by atoms with Gasteiger partial charge in [-0.1, -0.05) is 30.3 Å². The number of phenols is 1. The van der Waals surface area contributed by atoms with Gasteiger partial charge in [0.1, 0.15) is 5.75 Å². The van der Waals surface area contributed by atoms with Crippen LogP contribution in [-0.2, 0) is 25.9 Å². The van der Waals surface area contributed by atoms with Gasteiger partial charge in [-0.3, -0.25) is 0 Å². The van der Waals surface area contributed by atoms with Crippen LogP contribution >= 0.6 is 11.3 Å². The number of benzene rings is 2. The standard InChI is InChI=1S/C14H11NOS.Zn/c16-12-7-3-1-5-10(12)9-14-15-11-6-2-4-8-13(11)17-14;/h1-8,16H,9H2;. The third kappa shape index (κ3) is 2.60. The first-order valence-electron chi connectivity index (χ1n) is 5.44. The quantitative estimate of drug-likeness (QED) is 0.734. The molecule has 0 aliphatic heterocycles. The zero-order chi connectivity index (χ0) is 11.7. The number of rotatable bonds is 2.